The molecule has 6 nitrogen and oxygen atoms in total. The SMILES string of the molecule is CC1CCCNC1C(=O)N1CCN(CC(=O)O)CC1. The molecule has 1 amide bonds. The number of nitrogens with zero attached hydrogens (tertiary/aromatic N) is 2. The average molecular weight is 269 g/mol. The summed E-state index contributed by atoms with van der Waals surface area (Å²) in [4.78, 5) is 26.8. The summed E-state index contributed by atoms with van der Waals surface area (Å²) < 4.78 is 0. The van der Waals surface area contributed by atoms with E-state index in [1.807, 2.05) is 9.80 Å². The van der Waals surface area contributed by atoms with Crippen molar-refractivity contribution in [2.75, 3.05) is 39.3 Å². The van der Waals surface area contributed by atoms with Crippen molar-refractivity contribution in [2.45, 2.75) is 25.8 Å². The molecule has 0 aromatic heterocycles. The summed E-state index contributed by atoms with van der Waals surface area (Å²) in [7, 11) is 0. The first-order valence-corrected chi connectivity index (χ1v) is 7.04. The molecule has 2 N–H and O–H groups in total. The number of piperidine rings is 1. The number of hydrogen-bond acceptors (Lipinski definition) is 4. The Bertz CT molecular complexity index is 340. The van der Waals surface area contributed by atoms with Crippen LogP contribution in [-0.4, -0.2) is 72.1 Å². The van der Waals surface area contributed by atoms with Crippen molar-refractivity contribution in [1.82, 2.24) is 15.1 Å². The summed E-state index contributed by atoms with van der Waals surface area (Å²) in [6.45, 7) is 5.68. The second kappa shape index (κ2) is 6.34. The van der Waals surface area contributed by atoms with E-state index in [9.17, 15) is 9.59 Å². The van der Waals surface area contributed by atoms with Crippen LogP contribution in [0.1, 0.15) is 19.8 Å². The van der Waals surface area contributed by atoms with E-state index in [4.69, 9.17) is 5.11 Å². The molecule has 2 atom stereocenters. The van der Waals surface area contributed by atoms with Crippen molar-refractivity contribution in [3.63, 3.8) is 0 Å². The Morgan fingerprint density at radius 1 is 1.26 bits per heavy atom. The van der Waals surface area contributed by atoms with Crippen LogP contribution < -0.4 is 5.32 Å². The molecule has 2 saturated heterocycles. The van der Waals surface area contributed by atoms with Gasteiger partial charge in [0.05, 0.1) is 12.6 Å². The fourth-order valence-corrected chi connectivity index (χ4v) is 2.89. The van der Waals surface area contributed by atoms with E-state index in [0.717, 1.165) is 19.4 Å². The number of amides is 1. The number of piperazine rings is 1. The number of carboxylic acid groups (broad SMARTS) is 1. The molecular weight excluding hydrogens is 246 g/mol. The largest absolute Gasteiger partial charge is 0.480 e. The minimum atomic E-state index is -0.803. The smallest absolute Gasteiger partial charge is 0.317 e. The molecule has 0 bridgehead atoms. The maximum Gasteiger partial charge on any atom is 0.317 e. The van der Waals surface area contributed by atoms with E-state index in [0.29, 0.717) is 32.1 Å². The minimum absolute atomic E-state index is 0.0558. The van der Waals surface area contributed by atoms with Crippen molar-refractivity contribution < 1.29 is 14.7 Å². The molecule has 0 saturated carbocycles. The summed E-state index contributed by atoms with van der Waals surface area (Å²) >= 11 is 0. The third-order valence-electron chi connectivity index (χ3n) is 4.08. The second-order valence-electron chi connectivity index (χ2n) is 5.55. The molecule has 6 heteroatoms. The molecule has 2 unspecified atom stereocenters. The molecule has 2 fully saturated rings. The first-order chi connectivity index (χ1) is 9.08. The molecule has 19 heavy (non-hydrogen) atoms. The van der Waals surface area contributed by atoms with E-state index < -0.39 is 5.97 Å². The highest BCUT2D eigenvalue weighted by atomic mass is 16.4. The van der Waals surface area contributed by atoms with Crippen molar-refractivity contribution in [3.05, 3.63) is 0 Å². The molecule has 0 aromatic carbocycles. The van der Waals surface area contributed by atoms with Gasteiger partial charge in [-0.1, -0.05) is 6.92 Å². The first-order valence-electron chi connectivity index (χ1n) is 7.04. The lowest BCUT2D eigenvalue weighted by molar-refractivity contribution is -0.140. The van der Waals surface area contributed by atoms with E-state index in [-0.39, 0.29) is 18.5 Å². The van der Waals surface area contributed by atoms with Crippen LogP contribution >= 0.6 is 0 Å². The van der Waals surface area contributed by atoms with Crippen molar-refractivity contribution in [2.24, 2.45) is 5.92 Å². The number of carboxylic acids is 1. The van der Waals surface area contributed by atoms with Gasteiger partial charge in [0.15, 0.2) is 0 Å². The van der Waals surface area contributed by atoms with E-state index in [1.54, 1.807) is 0 Å². The van der Waals surface area contributed by atoms with Gasteiger partial charge in [-0.3, -0.25) is 14.5 Å². The predicted octanol–water partition coefficient (Wildman–Crippen LogP) is -0.397. The number of carbonyl (C=O) groups excluding carboxylic acids is 1. The van der Waals surface area contributed by atoms with Gasteiger partial charge in [-0.25, -0.2) is 0 Å². The Hall–Kier alpha value is -1.14. The lowest BCUT2D eigenvalue weighted by Crippen LogP contribution is -2.57. The Kier molecular flexibility index (Phi) is 4.76. The highest BCUT2D eigenvalue weighted by Gasteiger charge is 2.32. The molecule has 2 rings (SSSR count). The summed E-state index contributed by atoms with van der Waals surface area (Å²) in [5.74, 6) is -0.233. The van der Waals surface area contributed by atoms with Gasteiger partial charge in [-0.05, 0) is 25.3 Å². The highest BCUT2D eigenvalue weighted by Crippen LogP contribution is 2.18. The van der Waals surface area contributed by atoms with Crippen LogP contribution in [0.25, 0.3) is 0 Å². The second-order valence-corrected chi connectivity index (χ2v) is 5.55. The third-order valence-corrected chi connectivity index (χ3v) is 4.08. The van der Waals surface area contributed by atoms with Crippen LogP contribution in [0, 0.1) is 5.92 Å². The molecule has 2 aliphatic rings. The lowest BCUT2D eigenvalue weighted by atomic mass is 9.91. The number of rotatable bonds is 3. The third kappa shape index (κ3) is 3.67. The van der Waals surface area contributed by atoms with Crippen molar-refractivity contribution >= 4 is 11.9 Å². The minimum Gasteiger partial charge on any atom is -0.480 e. The van der Waals surface area contributed by atoms with Crippen LogP contribution in [0.15, 0.2) is 0 Å². The van der Waals surface area contributed by atoms with Gasteiger partial charge in [-0.2, -0.15) is 0 Å². The van der Waals surface area contributed by atoms with Gasteiger partial charge < -0.3 is 15.3 Å². The Labute approximate surface area is 113 Å². The molecule has 0 aliphatic carbocycles. The Balaban J connectivity index is 1.83. The fraction of sp³-hybridized carbons (Fsp3) is 0.846. The molecular formula is C13H23N3O3. The van der Waals surface area contributed by atoms with Crippen molar-refractivity contribution in [3.8, 4) is 0 Å². The zero-order valence-corrected chi connectivity index (χ0v) is 11.5. The number of carbonyl (C=O) groups is 2. The zero-order valence-electron chi connectivity index (χ0n) is 11.5. The molecule has 2 heterocycles. The summed E-state index contributed by atoms with van der Waals surface area (Å²) in [5.41, 5.74) is 0. The fourth-order valence-electron chi connectivity index (χ4n) is 2.89. The highest BCUT2D eigenvalue weighted by molar-refractivity contribution is 5.82. The normalized spacial score (nSPS) is 29.2. The topological polar surface area (TPSA) is 72.9 Å². The summed E-state index contributed by atoms with van der Waals surface area (Å²) in [5, 5.41) is 12.1. The molecule has 0 aromatic rings. The van der Waals surface area contributed by atoms with Crippen LogP contribution in [0.3, 0.4) is 0 Å². The van der Waals surface area contributed by atoms with Gasteiger partial charge >= 0.3 is 5.97 Å². The lowest BCUT2D eigenvalue weighted by Gasteiger charge is -2.38. The van der Waals surface area contributed by atoms with Gasteiger partial charge in [0.2, 0.25) is 5.91 Å². The maximum atomic E-state index is 12.4. The van der Waals surface area contributed by atoms with Gasteiger partial charge in [0.25, 0.3) is 0 Å². The zero-order chi connectivity index (χ0) is 13.8. The summed E-state index contributed by atoms with van der Waals surface area (Å²) in [6, 6.07) is -0.0558. The van der Waals surface area contributed by atoms with Crippen LogP contribution in [0.4, 0.5) is 0 Å². The Morgan fingerprint density at radius 2 is 1.95 bits per heavy atom. The van der Waals surface area contributed by atoms with Crippen LogP contribution in [0.2, 0.25) is 0 Å². The quantitative estimate of drug-likeness (QED) is 0.729. The number of aliphatic carboxylic acids is 1. The van der Waals surface area contributed by atoms with Crippen LogP contribution in [0.5, 0.6) is 0 Å². The Morgan fingerprint density at radius 3 is 2.53 bits per heavy atom. The van der Waals surface area contributed by atoms with E-state index in [1.165, 1.54) is 0 Å². The maximum absolute atomic E-state index is 12.4. The first kappa shape index (κ1) is 14.3. The molecule has 2 aliphatic heterocycles. The average Bonchev–Trinajstić information content (AvgIpc) is 2.39. The molecule has 0 spiro atoms. The predicted molar refractivity (Wildman–Crippen MR) is 70.8 cm³/mol. The molecule has 0 radical (unpaired) electrons. The molecule has 108 valence electrons. The van der Waals surface area contributed by atoms with E-state index >= 15 is 0 Å². The number of nitrogens with one attached hydrogen (secondary N) is 1. The monoisotopic (exact) mass is 269 g/mol. The van der Waals surface area contributed by atoms with E-state index in [2.05, 4.69) is 12.2 Å². The van der Waals surface area contributed by atoms with Gasteiger partial charge in [-0.15, -0.1) is 0 Å². The van der Waals surface area contributed by atoms with Crippen LogP contribution in [-0.2, 0) is 9.59 Å². The van der Waals surface area contributed by atoms with Crippen molar-refractivity contribution in [1.29, 1.82) is 0 Å². The number of hydrogen-bond donors (Lipinski definition) is 2. The summed E-state index contributed by atoms with van der Waals surface area (Å²) in [6.07, 6.45) is 2.24. The van der Waals surface area contributed by atoms with Gasteiger partial charge in [0, 0.05) is 26.2 Å². The van der Waals surface area contributed by atoms with Gasteiger partial charge in [0.1, 0.15) is 0 Å². The standard InChI is InChI=1S/C13H23N3O3/c1-10-3-2-4-14-12(10)13(19)16-7-5-15(6-8-16)9-11(17)18/h10,12,14H,2-9H2,1H3,(H,17,18).